The summed E-state index contributed by atoms with van der Waals surface area (Å²) >= 11 is 0. The van der Waals surface area contributed by atoms with Gasteiger partial charge in [-0.3, -0.25) is 4.72 Å². The van der Waals surface area contributed by atoms with Crippen molar-refractivity contribution in [3.8, 4) is 0 Å². The second-order valence-corrected chi connectivity index (χ2v) is 5.73. The van der Waals surface area contributed by atoms with Gasteiger partial charge in [-0.15, -0.1) is 0 Å². The van der Waals surface area contributed by atoms with Gasteiger partial charge in [0, 0.05) is 12.1 Å². The van der Waals surface area contributed by atoms with Crippen molar-refractivity contribution in [1.82, 2.24) is 0 Å². The Morgan fingerprint density at radius 2 is 1.75 bits per heavy atom. The van der Waals surface area contributed by atoms with Crippen LogP contribution in [-0.2, 0) is 16.6 Å². The molecule has 0 amide bonds. The lowest BCUT2D eigenvalue weighted by Gasteiger charge is -2.10. The molecule has 0 aromatic heterocycles. The molecule has 0 fully saturated rings. The Morgan fingerprint density at radius 3 is 2.40 bits per heavy atom. The van der Waals surface area contributed by atoms with Crippen molar-refractivity contribution in [2.24, 2.45) is 5.73 Å². The monoisotopic (exact) mass is 298 g/mol. The van der Waals surface area contributed by atoms with Gasteiger partial charge in [0.2, 0.25) is 0 Å². The van der Waals surface area contributed by atoms with E-state index in [4.69, 9.17) is 5.73 Å². The molecule has 3 N–H and O–H groups in total. The van der Waals surface area contributed by atoms with Crippen LogP contribution in [0.2, 0.25) is 0 Å². The van der Waals surface area contributed by atoms with Crippen LogP contribution in [0.1, 0.15) is 5.56 Å². The molecule has 0 aliphatic heterocycles. The molecule has 0 radical (unpaired) electrons. The SMILES string of the molecule is NCc1cc(S(=O)(=O)Nc2ccccc2F)ccc1F. The topological polar surface area (TPSA) is 72.2 Å². The Morgan fingerprint density at radius 1 is 1.05 bits per heavy atom. The third-order valence-electron chi connectivity index (χ3n) is 2.67. The Kier molecular flexibility index (Phi) is 4.01. The number of para-hydroxylation sites is 1. The van der Waals surface area contributed by atoms with E-state index in [-0.39, 0.29) is 22.7 Å². The van der Waals surface area contributed by atoms with E-state index >= 15 is 0 Å². The molecule has 20 heavy (non-hydrogen) atoms. The average Bonchev–Trinajstić information content (AvgIpc) is 2.41. The lowest BCUT2D eigenvalue weighted by Crippen LogP contribution is -2.15. The fraction of sp³-hybridized carbons (Fsp3) is 0.0769. The Bertz CT molecular complexity index is 733. The largest absolute Gasteiger partial charge is 0.326 e. The molecule has 0 atom stereocenters. The highest BCUT2D eigenvalue weighted by molar-refractivity contribution is 7.92. The van der Waals surface area contributed by atoms with Crippen LogP contribution in [0.25, 0.3) is 0 Å². The molecule has 0 spiro atoms. The number of rotatable bonds is 4. The summed E-state index contributed by atoms with van der Waals surface area (Å²) in [5, 5.41) is 0. The maximum atomic E-state index is 13.4. The molecule has 106 valence electrons. The van der Waals surface area contributed by atoms with E-state index in [1.54, 1.807) is 0 Å². The van der Waals surface area contributed by atoms with Crippen LogP contribution in [0, 0.1) is 11.6 Å². The smallest absolute Gasteiger partial charge is 0.261 e. The number of halogens is 2. The van der Waals surface area contributed by atoms with Gasteiger partial charge in [0.05, 0.1) is 10.6 Å². The number of sulfonamides is 1. The summed E-state index contributed by atoms with van der Waals surface area (Å²) in [6.07, 6.45) is 0. The Balaban J connectivity index is 2.38. The van der Waals surface area contributed by atoms with Crippen LogP contribution in [0.4, 0.5) is 14.5 Å². The van der Waals surface area contributed by atoms with Gasteiger partial charge in [0.15, 0.2) is 0 Å². The summed E-state index contributed by atoms with van der Waals surface area (Å²) < 4.78 is 53.0. The molecule has 2 aromatic carbocycles. The molecule has 7 heteroatoms. The van der Waals surface area contributed by atoms with E-state index in [0.717, 1.165) is 24.3 Å². The van der Waals surface area contributed by atoms with E-state index < -0.39 is 21.7 Å². The fourth-order valence-corrected chi connectivity index (χ4v) is 2.74. The van der Waals surface area contributed by atoms with Crippen LogP contribution < -0.4 is 10.5 Å². The van der Waals surface area contributed by atoms with Crippen molar-refractivity contribution in [2.75, 3.05) is 4.72 Å². The number of hydrogen-bond donors (Lipinski definition) is 2. The number of nitrogens with one attached hydrogen (secondary N) is 1. The number of nitrogens with two attached hydrogens (primary N) is 1. The lowest BCUT2D eigenvalue weighted by molar-refractivity contribution is 0.594. The maximum absolute atomic E-state index is 13.4. The van der Waals surface area contributed by atoms with Crippen molar-refractivity contribution >= 4 is 15.7 Å². The first-order chi connectivity index (χ1) is 9.44. The Labute approximate surface area is 115 Å². The average molecular weight is 298 g/mol. The second kappa shape index (κ2) is 5.56. The van der Waals surface area contributed by atoms with Crippen molar-refractivity contribution in [2.45, 2.75) is 11.4 Å². The first-order valence-corrected chi connectivity index (χ1v) is 7.18. The lowest BCUT2D eigenvalue weighted by atomic mass is 10.2. The standard InChI is InChI=1S/C13H12F2N2O2S/c14-11-6-5-10(7-9(11)8-16)20(18,19)17-13-4-2-1-3-12(13)15/h1-7,17H,8,16H2. The van der Waals surface area contributed by atoms with E-state index in [1.165, 1.54) is 18.2 Å². The summed E-state index contributed by atoms with van der Waals surface area (Å²) in [6, 6.07) is 8.59. The van der Waals surface area contributed by atoms with Gasteiger partial charge in [0.25, 0.3) is 10.0 Å². The van der Waals surface area contributed by atoms with Gasteiger partial charge in [-0.2, -0.15) is 0 Å². The summed E-state index contributed by atoms with van der Waals surface area (Å²) in [6.45, 7) is -0.130. The van der Waals surface area contributed by atoms with Crippen LogP contribution in [0.3, 0.4) is 0 Å². The van der Waals surface area contributed by atoms with E-state index in [0.29, 0.717) is 0 Å². The molecule has 0 aliphatic carbocycles. The summed E-state index contributed by atoms with van der Waals surface area (Å²) in [4.78, 5) is -0.178. The molecular weight excluding hydrogens is 286 g/mol. The third kappa shape index (κ3) is 2.94. The van der Waals surface area contributed by atoms with Crippen LogP contribution in [0.5, 0.6) is 0 Å². The van der Waals surface area contributed by atoms with Gasteiger partial charge in [-0.05, 0) is 30.3 Å². The van der Waals surface area contributed by atoms with Gasteiger partial charge in [-0.1, -0.05) is 12.1 Å². The minimum absolute atomic E-state index is 0.0707. The fourth-order valence-electron chi connectivity index (χ4n) is 1.62. The molecule has 2 rings (SSSR count). The number of hydrogen-bond acceptors (Lipinski definition) is 3. The molecule has 4 nitrogen and oxygen atoms in total. The highest BCUT2D eigenvalue weighted by atomic mass is 32.2. The van der Waals surface area contributed by atoms with Crippen LogP contribution >= 0.6 is 0 Å². The number of anilines is 1. The van der Waals surface area contributed by atoms with Gasteiger partial charge >= 0.3 is 0 Å². The predicted octanol–water partition coefficient (Wildman–Crippen LogP) is 2.22. The highest BCUT2D eigenvalue weighted by Gasteiger charge is 2.17. The molecular formula is C13H12F2N2O2S. The maximum Gasteiger partial charge on any atom is 0.261 e. The summed E-state index contributed by atoms with van der Waals surface area (Å²) in [5.41, 5.74) is 5.22. The van der Waals surface area contributed by atoms with E-state index in [9.17, 15) is 17.2 Å². The molecule has 0 aliphatic rings. The number of benzene rings is 2. The zero-order chi connectivity index (χ0) is 14.8. The summed E-state index contributed by atoms with van der Waals surface area (Å²) in [5.74, 6) is -1.28. The van der Waals surface area contributed by atoms with Crippen molar-refractivity contribution in [3.63, 3.8) is 0 Å². The predicted molar refractivity (Wildman–Crippen MR) is 71.5 cm³/mol. The van der Waals surface area contributed by atoms with Crippen LogP contribution in [0.15, 0.2) is 47.4 Å². The molecule has 0 saturated heterocycles. The van der Waals surface area contributed by atoms with Gasteiger partial charge in [-0.25, -0.2) is 17.2 Å². The molecule has 0 saturated carbocycles. The zero-order valence-corrected chi connectivity index (χ0v) is 11.1. The van der Waals surface area contributed by atoms with Gasteiger partial charge in [0.1, 0.15) is 11.6 Å². The second-order valence-electron chi connectivity index (χ2n) is 4.04. The minimum Gasteiger partial charge on any atom is -0.326 e. The molecule has 0 bridgehead atoms. The van der Waals surface area contributed by atoms with E-state index in [1.807, 2.05) is 0 Å². The van der Waals surface area contributed by atoms with E-state index in [2.05, 4.69) is 4.72 Å². The zero-order valence-electron chi connectivity index (χ0n) is 10.3. The quantitative estimate of drug-likeness (QED) is 0.909. The summed E-state index contributed by atoms with van der Waals surface area (Å²) in [7, 11) is -4.00. The minimum atomic E-state index is -4.00. The molecule has 0 unspecified atom stereocenters. The Hall–Kier alpha value is -1.99. The normalized spacial score (nSPS) is 11.3. The van der Waals surface area contributed by atoms with Gasteiger partial charge < -0.3 is 5.73 Å². The molecule has 2 aromatic rings. The molecule has 0 heterocycles. The van der Waals surface area contributed by atoms with Crippen molar-refractivity contribution in [3.05, 3.63) is 59.7 Å². The first kappa shape index (κ1) is 14.4. The third-order valence-corrected chi connectivity index (χ3v) is 4.03. The van der Waals surface area contributed by atoms with Crippen molar-refractivity contribution < 1.29 is 17.2 Å². The van der Waals surface area contributed by atoms with Crippen molar-refractivity contribution in [1.29, 1.82) is 0 Å². The van der Waals surface area contributed by atoms with Crippen LogP contribution in [-0.4, -0.2) is 8.42 Å². The highest BCUT2D eigenvalue weighted by Crippen LogP contribution is 2.20. The first-order valence-electron chi connectivity index (χ1n) is 5.70.